The molecule has 1 aromatic carbocycles. The quantitative estimate of drug-likeness (QED) is 0.474. The summed E-state index contributed by atoms with van der Waals surface area (Å²) in [6.07, 6.45) is 4.47. The van der Waals surface area contributed by atoms with E-state index < -0.39 is 24.1 Å². The first-order valence-electron chi connectivity index (χ1n) is 13.9. The largest absolute Gasteiger partial charge is 0.573 e. The average molecular weight is 574 g/mol. The molecule has 10 nitrogen and oxygen atoms in total. The van der Waals surface area contributed by atoms with Gasteiger partial charge in [-0.15, -0.1) is 13.2 Å². The van der Waals surface area contributed by atoms with Gasteiger partial charge in [-0.25, -0.2) is 4.98 Å². The number of likely N-dealkylation sites (N-methyl/N-ethyl adjacent to an activating group) is 1. The third-order valence-electron chi connectivity index (χ3n) is 7.57. The van der Waals surface area contributed by atoms with Gasteiger partial charge in [0.25, 0.3) is 5.91 Å². The van der Waals surface area contributed by atoms with E-state index in [4.69, 9.17) is 4.98 Å². The smallest absolute Gasteiger partial charge is 0.404 e. The number of carbonyl (C=O) groups is 2. The maximum absolute atomic E-state index is 13.3. The van der Waals surface area contributed by atoms with Gasteiger partial charge < -0.3 is 30.1 Å². The van der Waals surface area contributed by atoms with Gasteiger partial charge in [0.15, 0.2) is 11.6 Å². The number of likely N-dealkylation sites (tertiary alicyclic amines) is 1. The molecule has 0 radical (unpaired) electrons. The number of piperidine rings is 1. The van der Waals surface area contributed by atoms with E-state index in [2.05, 4.69) is 36.4 Å². The molecule has 1 aliphatic carbocycles. The van der Waals surface area contributed by atoms with Crippen LogP contribution in [0.3, 0.4) is 0 Å². The SMILES string of the molecule is CC=CN1CCC(N2c3nc(Nc4ccc(C(=O)NC5CC5)cc4OC(F)(F)F)ncc3N(C)C(=O)[C@H]2CC)CC1. The Morgan fingerprint density at radius 3 is 2.56 bits per heavy atom. The first kappa shape index (κ1) is 28.5. The maximum atomic E-state index is 13.3. The summed E-state index contributed by atoms with van der Waals surface area (Å²) in [5, 5.41) is 5.61. The summed E-state index contributed by atoms with van der Waals surface area (Å²) in [5.41, 5.74) is 0.526. The zero-order valence-electron chi connectivity index (χ0n) is 23.2. The molecule has 0 bridgehead atoms. The van der Waals surface area contributed by atoms with Gasteiger partial charge in [0.2, 0.25) is 11.9 Å². The summed E-state index contributed by atoms with van der Waals surface area (Å²) in [7, 11) is 1.67. The van der Waals surface area contributed by atoms with Crippen molar-refractivity contribution in [2.45, 2.75) is 70.4 Å². The summed E-state index contributed by atoms with van der Waals surface area (Å²) < 4.78 is 44.2. The molecule has 2 aromatic rings. The highest BCUT2D eigenvalue weighted by atomic mass is 19.4. The van der Waals surface area contributed by atoms with E-state index >= 15 is 0 Å². The van der Waals surface area contributed by atoms with Gasteiger partial charge in [-0.3, -0.25) is 9.59 Å². The molecule has 0 spiro atoms. The highest BCUT2D eigenvalue weighted by Gasteiger charge is 2.41. The van der Waals surface area contributed by atoms with Crippen LogP contribution in [0.2, 0.25) is 0 Å². The Labute approximate surface area is 236 Å². The van der Waals surface area contributed by atoms with Gasteiger partial charge in [0.05, 0.1) is 11.9 Å². The molecule has 13 heteroatoms. The Hall–Kier alpha value is -4.03. The minimum atomic E-state index is -4.98. The number of carbonyl (C=O) groups excluding carboxylic acids is 2. The first-order valence-corrected chi connectivity index (χ1v) is 13.9. The standard InChI is InChI=1S/C28H34F3N7O3/c1-4-12-37-13-10-19(11-14-37)38-21(5-2)26(40)36(3)22-16-32-27(35-24(22)38)34-20-9-6-17(25(39)33-18-7-8-18)15-23(20)41-28(29,30)31/h4,6,9,12,15-16,18-19,21H,5,7-8,10-11,13-14H2,1-3H3,(H,33,39)(H,32,34,35)/t21-/m1/s1. The van der Waals surface area contributed by atoms with Gasteiger partial charge in [-0.05, 0) is 63.4 Å². The highest BCUT2D eigenvalue weighted by Crippen LogP contribution is 2.39. The van der Waals surface area contributed by atoms with Crippen molar-refractivity contribution >= 4 is 35.0 Å². The van der Waals surface area contributed by atoms with Crippen LogP contribution in [-0.4, -0.2) is 71.3 Å². The number of anilines is 4. The number of hydrogen-bond acceptors (Lipinski definition) is 8. The van der Waals surface area contributed by atoms with Crippen molar-refractivity contribution in [3.8, 4) is 5.75 Å². The normalized spacial score (nSPS) is 19.9. The fourth-order valence-corrected chi connectivity index (χ4v) is 5.38. The fourth-order valence-electron chi connectivity index (χ4n) is 5.38. The van der Waals surface area contributed by atoms with Crippen LogP contribution in [0.15, 0.2) is 36.7 Å². The summed E-state index contributed by atoms with van der Waals surface area (Å²) in [5.74, 6) is -0.513. The Balaban J connectivity index is 1.46. The zero-order chi connectivity index (χ0) is 29.3. The van der Waals surface area contributed by atoms with E-state index in [0.29, 0.717) is 17.9 Å². The van der Waals surface area contributed by atoms with E-state index in [1.807, 2.05) is 19.9 Å². The monoisotopic (exact) mass is 573 g/mol. The predicted molar refractivity (Wildman–Crippen MR) is 148 cm³/mol. The number of ether oxygens (including phenoxy) is 1. The maximum Gasteiger partial charge on any atom is 0.573 e. The molecule has 0 unspecified atom stereocenters. The lowest BCUT2D eigenvalue weighted by Gasteiger charge is -2.46. The number of allylic oxidation sites excluding steroid dienone is 1. The molecule has 41 heavy (non-hydrogen) atoms. The van der Waals surface area contributed by atoms with Crippen LogP contribution in [-0.2, 0) is 4.79 Å². The summed E-state index contributed by atoms with van der Waals surface area (Å²) >= 11 is 0. The number of alkyl halides is 3. The number of fused-ring (bicyclic) bond motifs is 1. The van der Waals surface area contributed by atoms with Crippen molar-refractivity contribution in [2.75, 3.05) is 35.3 Å². The van der Waals surface area contributed by atoms with Crippen LogP contribution < -0.4 is 25.2 Å². The fraction of sp³-hybridized carbons (Fsp3) is 0.500. The van der Waals surface area contributed by atoms with Crippen LogP contribution in [0.5, 0.6) is 5.75 Å². The highest BCUT2D eigenvalue weighted by molar-refractivity contribution is 6.04. The van der Waals surface area contributed by atoms with Crippen molar-refractivity contribution in [1.29, 1.82) is 0 Å². The number of amides is 2. The zero-order valence-corrected chi connectivity index (χ0v) is 23.2. The number of nitrogens with zero attached hydrogens (tertiary/aromatic N) is 5. The second-order valence-corrected chi connectivity index (χ2v) is 10.5. The molecule has 5 rings (SSSR count). The molecular weight excluding hydrogens is 539 g/mol. The Bertz CT molecular complexity index is 1320. The predicted octanol–water partition coefficient (Wildman–Crippen LogP) is 4.57. The molecule has 1 aromatic heterocycles. The van der Waals surface area contributed by atoms with Gasteiger partial charge in [0.1, 0.15) is 11.7 Å². The van der Waals surface area contributed by atoms with E-state index in [-0.39, 0.29) is 35.2 Å². The molecule has 3 aliphatic rings. The summed E-state index contributed by atoms with van der Waals surface area (Å²) in [4.78, 5) is 40.6. The Morgan fingerprint density at radius 2 is 1.93 bits per heavy atom. The molecule has 2 N–H and O–H groups in total. The lowest BCUT2D eigenvalue weighted by Crippen LogP contribution is -2.58. The van der Waals surface area contributed by atoms with Crippen molar-refractivity contribution in [1.82, 2.24) is 20.2 Å². The summed E-state index contributed by atoms with van der Waals surface area (Å²) in [6.45, 7) is 5.58. The van der Waals surface area contributed by atoms with Crippen molar-refractivity contribution in [3.63, 3.8) is 0 Å². The number of nitrogens with one attached hydrogen (secondary N) is 2. The van der Waals surface area contributed by atoms with E-state index in [1.165, 1.54) is 23.2 Å². The molecule has 220 valence electrons. The van der Waals surface area contributed by atoms with Crippen LogP contribution in [0.1, 0.15) is 56.3 Å². The number of hydrogen-bond donors (Lipinski definition) is 2. The van der Waals surface area contributed by atoms with Crippen LogP contribution in [0.25, 0.3) is 0 Å². The molecule has 2 amide bonds. The van der Waals surface area contributed by atoms with Crippen LogP contribution >= 0.6 is 0 Å². The molecule has 2 fully saturated rings. The number of aromatic nitrogens is 2. The molecule has 1 saturated heterocycles. The third kappa shape index (κ3) is 6.33. The van der Waals surface area contributed by atoms with Gasteiger partial charge in [0, 0.05) is 37.8 Å². The molecule has 2 aliphatic heterocycles. The average Bonchev–Trinajstić information content (AvgIpc) is 3.75. The van der Waals surface area contributed by atoms with Crippen molar-refractivity contribution in [2.24, 2.45) is 0 Å². The van der Waals surface area contributed by atoms with Crippen LogP contribution in [0, 0.1) is 0 Å². The van der Waals surface area contributed by atoms with Gasteiger partial charge >= 0.3 is 6.36 Å². The van der Waals surface area contributed by atoms with E-state index in [0.717, 1.165) is 44.8 Å². The Kier molecular flexibility index (Phi) is 7.96. The topological polar surface area (TPSA) is 103 Å². The molecule has 1 atom stereocenters. The first-order chi connectivity index (χ1) is 19.6. The molecule has 3 heterocycles. The van der Waals surface area contributed by atoms with E-state index in [1.54, 1.807) is 7.05 Å². The summed E-state index contributed by atoms with van der Waals surface area (Å²) in [6, 6.07) is 3.48. The lowest BCUT2D eigenvalue weighted by molar-refractivity contribution is -0.274. The number of rotatable bonds is 8. The van der Waals surface area contributed by atoms with Crippen molar-refractivity contribution in [3.05, 3.63) is 42.2 Å². The third-order valence-corrected chi connectivity index (χ3v) is 7.57. The Morgan fingerprint density at radius 1 is 1.20 bits per heavy atom. The second-order valence-electron chi connectivity index (χ2n) is 10.5. The number of halogens is 3. The minimum Gasteiger partial charge on any atom is -0.404 e. The van der Waals surface area contributed by atoms with Crippen LogP contribution in [0.4, 0.5) is 36.3 Å². The van der Waals surface area contributed by atoms with Gasteiger partial charge in [-0.2, -0.15) is 4.98 Å². The minimum absolute atomic E-state index is 0.0416. The number of benzene rings is 1. The van der Waals surface area contributed by atoms with Crippen molar-refractivity contribution < 1.29 is 27.5 Å². The van der Waals surface area contributed by atoms with Gasteiger partial charge in [-0.1, -0.05) is 13.0 Å². The lowest BCUT2D eigenvalue weighted by atomic mass is 9.97. The second kappa shape index (κ2) is 11.5. The van der Waals surface area contributed by atoms with E-state index in [9.17, 15) is 22.8 Å². The molecule has 1 saturated carbocycles. The molecular formula is C28H34F3N7O3.